The van der Waals surface area contributed by atoms with E-state index in [4.69, 9.17) is 0 Å². The molecule has 94 valence electrons. The van der Waals surface area contributed by atoms with Gasteiger partial charge in [-0.3, -0.25) is 0 Å². The number of aryl methyl sites for hydroxylation is 1. The second kappa shape index (κ2) is 5.08. The summed E-state index contributed by atoms with van der Waals surface area (Å²) in [5.41, 5.74) is 0.813. The molecule has 1 aromatic rings. The molecule has 3 nitrogen and oxygen atoms in total. The molecule has 1 aliphatic heterocycles. The number of hydrogen-bond donors (Lipinski definition) is 0. The summed E-state index contributed by atoms with van der Waals surface area (Å²) in [5, 5.41) is 0. The van der Waals surface area contributed by atoms with Gasteiger partial charge in [-0.2, -0.15) is 4.31 Å². The number of halogens is 1. The highest BCUT2D eigenvalue weighted by Crippen LogP contribution is 2.25. The van der Waals surface area contributed by atoms with Gasteiger partial charge >= 0.3 is 0 Å². The van der Waals surface area contributed by atoms with Crippen LogP contribution in [-0.2, 0) is 10.0 Å². The predicted molar refractivity (Wildman–Crippen MR) is 71.9 cm³/mol. The normalized spacial score (nSPS) is 19.4. The number of alkyl halides is 1. The van der Waals surface area contributed by atoms with Crippen LogP contribution in [0.15, 0.2) is 29.2 Å². The lowest BCUT2D eigenvalue weighted by Crippen LogP contribution is -2.38. The van der Waals surface area contributed by atoms with E-state index in [2.05, 4.69) is 15.9 Å². The highest BCUT2D eigenvalue weighted by molar-refractivity contribution is 9.09. The number of hydrogen-bond acceptors (Lipinski definition) is 2. The first-order valence-corrected chi connectivity index (χ1v) is 8.07. The van der Waals surface area contributed by atoms with E-state index in [1.165, 1.54) is 0 Å². The first-order valence-electron chi connectivity index (χ1n) is 5.71. The summed E-state index contributed by atoms with van der Waals surface area (Å²) in [5.74, 6) is 0. The minimum Gasteiger partial charge on any atom is -0.207 e. The molecule has 5 heteroatoms. The van der Waals surface area contributed by atoms with E-state index in [1.54, 1.807) is 16.4 Å². The van der Waals surface area contributed by atoms with Gasteiger partial charge in [0.2, 0.25) is 10.0 Å². The molecule has 1 fully saturated rings. The number of nitrogens with zero attached hydrogens (tertiary/aromatic N) is 1. The van der Waals surface area contributed by atoms with Crippen LogP contribution < -0.4 is 0 Å². The topological polar surface area (TPSA) is 37.4 Å². The van der Waals surface area contributed by atoms with Gasteiger partial charge in [0.1, 0.15) is 0 Å². The SMILES string of the molecule is Cc1ccccc1S(=O)(=O)N1CCC(Br)CC1. The largest absolute Gasteiger partial charge is 0.243 e. The van der Waals surface area contributed by atoms with Crippen LogP contribution in [-0.4, -0.2) is 30.6 Å². The first-order chi connectivity index (χ1) is 8.01. The average Bonchev–Trinajstić information content (AvgIpc) is 2.30. The van der Waals surface area contributed by atoms with E-state index >= 15 is 0 Å². The standard InChI is InChI=1S/C12H16BrNO2S/c1-10-4-2-3-5-12(10)17(15,16)14-8-6-11(13)7-9-14/h2-5,11H,6-9H2,1H3. The van der Waals surface area contributed by atoms with E-state index in [1.807, 2.05) is 19.1 Å². The number of benzene rings is 1. The number of sulfonamides is 1. The van der Waals surface area contributed by atoms with Crippen molar-refractivity contribution in [2.45, 2.75) is 29.5 Å². The second-order valence-corrected chi connectivity index (χ2v) is 7.55. The minimum atomic E-state index is -3.30. The molecule has 17 heavy (non-hydrogen) atoms. The molecule has 1 heterocycles. The molecule has 0 aliphatic carbocycles. The van der Waals surface area contributed by atoms with Crippen molar-refractivity contribution in [2.24, 2.45) is 0 Å². The van der Waals surface area contributed by atoms with Crippen molar-refractivity contribution in [3.8, 4) is 0 Å². The van der Waals surface area contributed by atoms with Crippen molar-refractivity contribution in [2.75, 3.05) is 13.1 Å². The Morgan fingerprint density at radius 2 is 1.82 bits per heavy atom. The molecule has 1 saturated heterocycles. The van der Waals surface area contributed by atoms with E-state index in [0.29, 0.717) is 22.8 Å². The minimum absolute atomic E-state index is 0.438. The Labute approximate surface area is 111 Å². The van der Waals surface area contributed by atoms with Crippen LogP contribution in [0.2, 0.25) is 0 Å². The Hall–Kier alpha value is -0.390. The molecule has 0 amide bonds. The molecule has 0 saturated carbocycles. The van der Waals surface area contributed by atoms with Crippen molar-refractivity contribution in [1.82, 2.24) is 4.31 Å². The Morgan fingerprint density at radius 1 is 1.24 bits per heavy atom. The third-order valence-corrected chi connectivity index (χ3v) is 6.07. The molecule has 1 aliphatic rings. The molecule has 0 unspecified atom stereocenters. The maximum Gasteiger partial charge on any atom is 0.243 e. The zero-order valence-corrected chi connectivity index (χ0v) is 12.2. The fourth-order valence-corrected chi connectivity index (χ4v) is 4.15. The first kappa shape index (κ1) is 13.1. The summed E-state index contributed by atoms with van der Waals surface area (Å²) in [6.07, 6.45) is 1.76. The van der Waals surface area contributed by atoms with Gasteiger partial charge in [0.15, 0.2) is 0 Å². The maximum atomic E-state index is 12.4. The molecule has 0 spiro atoms. The van der Waals surface area contributed by atoms with Crippen molar-refractivity contribution < 1.29 is 8.42 Å². The van der Waals surface area contributed by atoms with Gasteiger partial charge in [-0.05, 0) is 31.4 Å². The highest BCUT2D eigenvalue weighted by Gasteiger charge is 2.29. The molecule has 2 rings (SSSR count). The zero-order valence-electron chi connectivity index (χ0n) is 9.77. The molecule has 0 atom stereocenters. The van der Waals surface area contributed by atoms with E-state index in [9.17, 15) is 8.42 Å². The van der Waals surface area contributed by atoms with Crippen LogP contribution in [0.3, 0.4) is 0 Å². The Balaban J connectivity index is 2.28. The van der Waals surface area contributed by atoms with Crippen LogP contribution in [0, 0.1) is 6.92 Å². The van der Waals surface area contributed by atoms with Crippen molar-refractivity contribution >= 4 is 26.0 Å². The van der Waals surface area contributed by atoms with Crippen LogP contribution in [0.5, 0.6) is 0 Å². The van der Waals surface area contributed by atoms with Gasteiger partial charge < -0.3 is 0 Å². The third-order valence-electron chi connectivity index (χ3n) is 3.09. The summed E-state index contributed by atoms with van der Waals surface area (Å²) >= 11 is 3.53. The predicted octanol–water partition coefficient (Wildman–Crippen LogP) is 2.54. The molecule has 0 aromatic heterocycles. The van der Waals surface area contributed by atoms with Crippen LogP contribution in [0.1, 0.15) is 18.4 Å². The third kappa shape index (κ3) is 2.72. The highest BCUT2D eigenvalue weighted by atomic mass is 79.9. The summed E-state index contributed by atoms with van der Waals surface area (Å²) < 4.78 is 26.4. The second-order valence-electron chi connectivity index (χ2n) is 4.34. The van der Waals surface area contributed by atoms with Gasteiger partial charge in [0.05, 0.1) is 4.90 Å². The van der Waals surface area contributed by atoms with E-state index < -0.39 is 10.0 Å². The zero-order chi connectivity index (χ0) is 12.5. The number of rotatable bonds is 2. The molecule has 0 N–H and O–H groups in total. The fourth-order valence-electron chi connectivity index (χ4n) is 2.05. The van der Waals surface area contributed by atoms with Crippen LogP contribution in [0.25, 0.3) is 0 Å². The molecule has 0 radical (unpaired) electrons. The van der Waals surface area contributed by atoms with Gasteiger partial charge in [0.25, 0.3) is 0 Å². The molecular formula is C12H16BrNO2S. The lowest BCUT2D eigenvalue weighted by atomic mass is 10.2. The molecular weight excluding hydrogens is 302 g/mol. The van der Waals surface area contributed by atoms with Crippen LogP contribution >= 0.6 is 15.9 Å². The van der Waals surface area contributed by atoms with Gasteiger partial charge in [-0.25, -0.2) is 8.42 Å². The lowest BCUT2D eigenvalue weighted by molar-refractivity contribution is 0.354. The summed E-state index contributed by atoms with van der Waals surface area (Å²) in [6, 6.07) is 7.16. The Morgan fingerprint density at radius 3 is 2.41 bits per heavy atom. The fraction of sp³-hybridized carbons (Fsp3) is 0.500. The molecule has 0 bridgehead atoms. The molecule has 1 aromatic carbocycles. The Bertz CT molecular complexity index is 493. The van der Waals surface area contributed by atoms with Gasteiger partial charge in [-0.15, -0.1) is 0 Å². The van der Waals surface area contributed by atoms with Gasteiger partial charge in [0, 0.05) is 17.9 Å². The quantitative estimate of drug-likeness (QED) is 0.786. The average molecular weight is 318 g/mol. The Kier molecular flexibility index (Phi) is 3.90. The van der Waals surface area contributed by atoms with Crippen molar-refractivity contribution in [1.29, 1.82) is 0 Å². The monoisotopic (exact) mass is 317 g/mol. The van der Waals surface area contributed by atoms with Crippen molar-refractivity contribution in [3.63, 3.8) is 0 Å². The summed E-state index contributed by atoms with van der Waals surface area (Å²) in [4.78, 5) is 0.888. The van der Waals surface area contributed by atoms with Gasteiger partial charge in [-0.1, -0.05) is 34.1 Å². The summed E-state index contributed by atoms with van der Waals surface area (Å²) in [7, 11) is -3.30. The van der Waals surface area contributed by atoms with Crippen molar-refractivity contribution in [3.05, 3.63) is 29.8 Å². The summed E-state index contributed by atoms with van der Waals surface area (Å²) in [6.45, 7) is 3.04. The lowest BCUT2D eigenvalue weighted by Gasteiger charge is -2.29. The maximum absolute atomic E-state index is 12.4. The number of piperidine rings is 1. The van der Waals surface area contributed by atoms with Crippen LogP contribution in [0.4, 0.5) is 0 Å². The van der Waals surface area contributed by atoms with E-state index in [-0.39, 0.29) is 0 Å². The smallest absolute Gasteiger partial charge is 0.207 e. The van der Waals surface area contributed by atoms with E-state index in [0.717, 1.165) is 18.4 Å².